The third kappa shape index (κ3) is 4.58. The summed E-state index contributed by atoms with van der Waals surface area (Å²) in [6.45, 7) is 13.5. The van der Waals surface area contributed by atoms with E-state index in [-0.39, 0.29) is 10.8 Å². The summed E-state index contributed by atoms with van der Waals surface area (Å²) < 4.78 is 12.8. The molecule has 0 aliphatic heterocycles. The SMILES string of the molecule is CC(C)(C)c1c([O][Zr][O]c2ccc3ccccc3c2C(C)(C)C)ccc2ccccc12. The first kappa shape index (κ1) is 22.1. The third-order valence-corrected chi connectivity index (χ3v) is 7.08. The van der Waals surface area contributed by atoms with Crippen molar-refractivity contribution in [2.45, 2.75) is 52.4 Å². The van der Waals surface area contributed by atoms with Gasteiger partial charge >= 0.3 is 199 Å². The van der Waals surface area contributed by atoms with E-state index in [1.54, 1.807) is 0 Å². The van der Waals surface area contributed by atoms with Crippen molar-refractivity contribution in [3.63, 3.8) is 0 Å². The molecule has 0 aliphatic carbocycles. The topological polar surface area (TPSA) is 18.5 Å². The van der Waals surface area contributed by atoms with Crippen LogP contribution < -0.4 is 5.63 Å². The zero-order chi connectivity index (χ0) is 22.2. The molecule has 0 fully saturated rings. The van der Waals surface area contributed by atoms with E-state index in [9.17, 15) is 0 Å². The van der Waals surface area contributed by atoms with Gasteiger partial charge in [-0.15, -0.1) is 0 Å². The molecule has 0 atom stereocenters. The van der Waals surface area contributed by atoms with Crippen molar-refractivity contribution >= 4 is 21.5 Å². The number of hydrogen-bond donors (Lipinski definition) is 0. The van der Waals surface area contributed by atoms with Crippen molar-refractivity contribution in [3.05, 3.63) is 83.9 Å². The van der Waals surface area contributed by atoms with Gasteiger partial charge in [-0.05, 0) is 0 Å². The molecular formula is C28H30O2Zr. The van der Waals surface area contributed by atoms with E-state index in [2.05, 4.69) is 114 Å². The standard InChI is InChI=1S/2C14H16O.Zr/c2*1-14(2,3)13-11-7-5-4-6-10(11)8-9-12(13)15;/h2*4-9,15H,1-3H3;/q;;+2/p-2. The molecule has 0 saturated carbocycles. The molecule has 0 heterocycles. The number of hydrogen-bond acceptors (Lipinski definition) is 2. The van der Waals surface area contributed by atoms with Crippen LogP contribution in [0, 0.1) is 0 Å². The summed E-state index contributed by atoms with van der Waals surface area (Å²) >= 11 is -1.60. The molecule has 0 radical (unpaired) electrons. The molecule has 4 aromatic carbocycles. The van der Waals surface area contributed by atoms with E-state index < -0.39 is 24.1 Å². The molecule has 0 saturated heterocycles. The Morgan fingerprint density at radius 1 is 0.516 bits per heavy atom. The van der Waals surface area contributed by atoms with Crippen LogP contribution in [0.2, 0.25) is 0 Å². The van der Waals surface area contributed by atoms with Crippen molar-refractivity contribution in [1.82, 2.24) is 0 Å². The first-order chi connectivity index (χ1) is 14.7. The summed E-state index contributed by atoms with van der Waals surface area (Å²) in [7, 11) is 0. The molecule has 0 N–H and O–H groups in total. The zero-order valence-corrected chi connectivity index (χ0v) is 21.7. The minimum absolute atomic E-state index is 0.0187. The van der Waals surface area contributed by atoms with Crippen molar-refractivity contribution < 1.29 is 29.7 Å². The average molecular weight is 490 g/mol. The fraction of sp³-hybridized carbons (Fsp3) is 0.286. The summed E-state index contributed by atoms with van der Waals surface area (Å²) in [6, 6.07) is 25.6. The van der Waals surface area contributed by atoms with E-state index in [1.807, 2.05) is 0 Å². The third-order valence-electron chi connectivity index (χ3n) is 5.58. The molecule has 158 valence electrons. The summed E-state index contributed by atoms with van der Waals surface area (Å²) in [6.07, 6.45) is 0. The van der Waals surface area contributed by atoms with E-state index in [1.165, 1.54) is 32.7 Å². The van der Waals surface area contributed by atoms with Gasteiger partial charge in [0.25, 0.3) is 0 Å². The second kappa shape index (κ2) is 8.43. The molecule has 4 rings (SSSR count). The second-order valence-electron chi connectivity index (χ2n) is 10.1. The van der Waals surface area contributed by atoms with Crippen molar-refractivity contribution in [2.24, 2.45) is 0 Å². The quantitative estimate of drug-likeness (QED) is 0.289. The van der Waals surface area contributed by atoms with Gasteiger partial charge in [0.2, 0.25) is 0 Å². The van der Waals surface area contributed by atoms with Gasteiger partial charge in [-0.1, -0.05) is 0 Å². The Kier molecular flexibility index (Phi) is 6.01. The molecule has 3 heteroatoms. The molecule has 31 heavy (non-hydrogen) atoms. The fourth-order valence-corrected chi connectivity index (χ4v) is 5.71. The molecule has 0 unspecified atom stereocenters. The van der Waals surface area contributed by atoms with Crippen LogP contribution in [0.3, 0.4) is 0 Å². The molecule has 0 amide bonds. The van der Waals surface area contributed by atoms with Gasteiger partial charge in [0.05, 0.1) is 0 Å². The Morgan fingerprint density at radius 3 is 1.29 bits per heavy atom. The van der Waals surface area contributed by atoms with Crippen LogP contribution >= 0.6 is 0 Å². The van der Waals surface area contributed by atoms with E-state index in [4.69, 9.17) is 5.63 Å². The van der Waals surface area contributed by atoms with Gasteiger partial charge < -0.3 is 0 Å². The monoisotopic (exact) mass is 488 g/mol. The maximum absolute atomic E-state index is 6.40. The van der Waals surface area contributed by atoms with Gasteiger partial charge in [0.1, 0.15) is 0 Å². The minimum atomic E-state index is -1.60. The van der Waals surface area contributed by atoms with Gasteiger partial charge in [-0.2, -0.15) is 0 Å². The van der Waals surface area contributed by atoms with E-state index >= 15 is 0 Å². The van der Waals surface area contributed by atoms with E-state index in [0.717, 1.165) is 11.5 Å². The second-order valence-corrected chi connectivity index (χ2v) is 11.5. The van der Waals surface area contributed by atoms with Crippen LogP contribution in [0.4, 0.5) is 0 Å². The summed E-state index contributed by atoms with van der Waals surface area (Å²) in [5, 5.41) is 5.01. The molecule has 0 spiro atoms. The Morgan fingerprint density at radius 2 is 0.903 bits per heavy atom. The zero-order valence-electron chi connectivity index (χ0n) is 19.2. The van der Waals surface area contributed by atoms with Crippen molar-refractivity contribution in [2.75, 3.05) is 0 Å². The predicted octanol–water partition coefficient (Wildman–Crippen LogP) is 7.96. The van der Waals surface area contributed by atoms with Gasteiger partial charge in [-0.3, -0.25) is 0 Å². The molecular weight excluding hydrogens is 460 g/mol. The van der Waals surface area contributed by atoms with Crippen LogP contribution in [0.25, 0.3) is 21.5 Å². The normalized spacial score (nSPS) is 12.2. The predicted molar refractivity (Wildman–Crippen MR) is 127 cm³/mol. The Balaban J connectivity index is 1.67. The maximum atomic E-state index is 6.40. The summed E-state index contributed by atoms with van der Waals surface area (Å²) in [4.78, 5) is 0. The number of fused-ring (bicyclic) bond motifs is 2. The summed E-state index contributed by atoms with van der Waals surface area (Å²) in [5.41, 5.74) is 2.47. The molecule has 4 aromatic rings. The van der Waals surface area contributed by atoms with E-state index in [0.29, 0.717) is 0 Å². The Labute approximate surface area is 198 Å². The van der Waals surface area contributed by atoms with Gasteiger partial charge in [0.15, 0.2) is 0 Å². The van der Waals surface area contributed by atoms with Gasteiger partial charge in [0, 0.05) is 0 Å². The molecule has 0 aliphatic rings. The van der Waals surface area contributed by atoms with Gasteiger partial charge in [-0.25, -0.2) is 0 Å². The summed E-state index contributed by atoms with van der Waals surface area (Å²) in [5.74, 6) is 1.91. The van der Waals surface area contributed by atoms with Crippen LogP contribution in [-0.2, 0) is 34.9 Å². The molecule has 2 nitrogen and oxygen atoms in total. The van der Waals surface area contributed by atoms with Crippen LogP contribution in [-0.4, -0.2) is 0 Å². The number of rotatable bonds is 4. The van der Waals surface area contributed by atoms with Crippen LogP contribution in [0.5, 0.6) is 11.5 Å². The van der Waals surface area contributed by atoms with Crippen molar-refractivity contribution in [1.29, 1.82) is 0 Å². The fourth-order valence-electron chi connectivity index (χ4n) is 4.33. The van der Waals surface area contributed by atoms with Crippen LogP contribution in [0.1, 0.15) is 52.7 Å². The van der Waals surface area contributed by atoms with Crippen LogP contribution in [0.15, 0.2) is 72.8 Å². The number of benzene rings is 4. The first-order valence-electron chi connectivity index (χ1n) is 10.8. The Bertz CT molecular complexity index is 1130. The molecule has 0 bridgehead atoms. The Hall–Kier alpha value is -2.12. The van der Waals surface area contributed by atoms with Crippen molar-refractivity contribution in [3.8, 4) is 11.5 Å². The first-order valence-corrected chi connectivity index (χ1v) is 12.8. The average Bonchev–Trinajstić information content (AvgIpc) is 2.71. The molecule has 0 aromatic heterocycles.